The maximum absolute atomic E-state index is 11.6. The number of para-hydroxylation sites is 1. The maximum atomic E-state index is 11.6. The first kappa shape index (κ1) is 9.35. The number of imidazole rings is 1. The number of benzene rings is 1. The number of carbonyl (C=O) groups excluding carboxylic acids is 1. The molecule has 0 unspecified atom stereocenters. The Labute approximate surface area is 92.2 Å². The molecule has 82 valence electrons. The molecule has 3 N–H and O–H groups in total. The van der Waals surface area contributed by atoms with Crippen molar-refractivity contribution >= 4 is 16.9 Å². The van der Waals surface area contributed by atoms with Crippen molar-refractivity contribution < 1.29 is 4.79 Å². The minimum absolute atomic E-state index is 0.264. The number of nitrogens with zero attached hydrogens (tertiary/aromatic N) is 2. The number of aromatic nitrogens is 2. The fourth-order valence-electron chi connectivity index (χ4n) is 2.32. The van der Waals surface area contributed by atoms with Crippen molar-refractivity contribution in [1.82, 2.24) is 15.0 Å². The molecule has 3 rings (SSSR count). The smallest absolute Gasteiger partial charge is 0.267 e. The summed E-state index contributed by atoms with van der Waals surface area (Å²) >= 11 is 0. The van der Waals surface area contributed by atoms with E-state index in [0.717, 1.165) is 36.2 Å². The molecule has 0 saturated carbocycles. The number of fused-ring (bicyclic) bond motifs is 3. The lowest BCUT2D eigenvalue weighted by Gasteiger charge is -2.04. The van der Waals surface area contributed by atoms with Crippen LogP contribution in [0.2, 0.25) is 0 Å². The number of amides is 1. The summed E-state index contributed by atoms with van der Waals surface area (Å²) in [4.78, 5) is 16.2. The quantitative estimate of drug-likeness (QED) is 0.416. The average molecular weight is 216 g/mol. The Morgan fingerprint density at radius 2 is 2.38 bits per heavy atom. The zero-order chi connectivity index (χ0) is 11.1. The van der Waals surface area contributed by atoms with Crippen LogP contribution >= 0.6 is 0 Å². The van der Waals surface area contributed by atoms with Crippen molar-refractivity contribution in [2.24, 2.45) is 5.84 Å². The number of hydrogen-bond donors (Lipinski definition) is 2. The van der Waals surface area contributed by atoms with Gasteiger partial charge in [-0.1, -0.05) is 6.07 Å². The van der Waals surface area contributed by atoms with Gasteiger partial charge in [0.2, 0.25) is 0 Å². The van der Waals surface area contributed by atoms with Crippen LogP contribution in [0.15, 0.2) is 18.2 Å². The first-order valence-corrected chi connectivity index (χ1v) is 5.30. The summed E-state index contributed by atoms with van der Waals surface area (Å²) in [6.07, 6.45) is 2.08. The topological polar surface area (TPSA) is 72.9 Å². The van der Waals surface area contributed by atoms with E-state index >= 15 is 0 Å². The summed E-state index contributed by atoms with van der Waals surface area (Å²) in [6.45, 7) is 0.931. The van der Waals surface area contributed by atoms with E-state index in [0.29, 0.717) is 5.56 Å². The molecule has 0 saturated heterocycles. The van der Waals surface area contributed by atoms with E-state index in [1.54, 1.807) is 6.07 Å². The number of nitrogen functional groups attached to an aromatic ring is 1. The minimum Gasteiger partial charge on any atom is -0.327 e. The lowest BCUT2D eigenvalue weighted by atomic mass is 10.1. The SMILES string of the molecule is NNC(=O)c1cccc2nc3n(c12)CCC3. The third kappa shape index (κ3) is 1.15. The first-order chi connectivity index (χ1) is 7.81. The van der Waals surface area contributed by atoms with Crippen LogP contribution in [0.4, 0.5) is 0 Å². The molecule has 1 aromatic carbocycles. The van der Waals surface area contributed by atoms with Crippen molar-refractivity contribution in [3.63, 3.8) is 0 Å². The van der Waals surface area contributed by atoms with Gasteiger partial charge in [0.25, 0.3) is 5.91 Å². The first-order valence-electron chi connectivity index (χ1n) is 5.30. The van der Waals surface area contributed by atoms with Crippen molar-refractivity contribution in [3.8, 4) is 0 Å². The largest absolute Gasteiger partial charge is 0.327 e. The second-order valence-corrected chi connectivity index (χ2v) is 3.93. The highest BCUT2D eigenvalue weighted by molar-refractivity contribution is 6.05. The summed E-state index contributed by atoms with van der Waals surface area (Å²) in [5.74, 6) is 5.98. The molecule has 0 spiro atoms. The van der Waals surface area contributed by atoms with E-state index in [-0.39, 0.29) is 5.91 Å². The fraction of sp³-hybridized carbons (Fsp3) is 0.273. The molecule has 1 amide bonds. The number of rotatable bonds is 1. The van der Waals surface area contributed by atoms with E-state index in [9.17, 15) is 4.79 Å². The molecular formula is C11H12N4O. The Bertz CT molecular complexity index is 573. The zero-order valence-corrected chi connectivity index (χ0v) is 8.73. The molecule has 0 aliphatic carbocycles. The molecular weight excluding hydrogens is 204 g/mol. The minimum atomic E-state index is -0.264. The summed E-state index contributed by atoms with van der Waals surface area (Å²) in [6, 6.07) is 5.53. The van der Waals surface area contributed by atoms with Crippen LogP contribution in [-0.4, -0.2) is 15.5 Å². The Morgan fingerprint density at radius 1 is 1.50 bits per heavy atom. The van der Waals surface area contributed by atoms with Crippen molar-refractivity contribution in [2.45, 2.75) is 19.4 Å². The molecule has 0 atom stereocenters. The Hall–Kier alpha value is -1.88. The van der Waals surface area contributed by atoms with Gasteiger partial charge in [0.15, 0.2) is 0 Å². The molecule has 5 heteroatoms. The highest BCUT2D eigenvalue weighted by Gasteiger charge is 2.20. The molecule has 2 heterocycles. The van der Waals surface area contributed by atoms with E-state index in [2.05, 4.69) is 15.0 Å². The van der Waals surface area contributed by atoms with E-state index < -0.39 is 0 Å². The van der Waals surface area contributed by atoms with Gasteiger partial charge >= 0.3 is 0 Å². The van der Waals surface area contributed by atoms with Gasteiger partial charge in [-0.3, -0.25) is 10.2 Å². The van der Waals surface area contributed by atoms with Crippen LogP contribution < -0.4 is 11.3 Å². The number of hydrogen-bond acceptors (Lipinski definition) is 3. The van der Waals surface area contributed by atoms with Gasteiger partial charge in [0.1, 0.15) is 5.82 Å². The lowest BCUT2D eigenvalue weighted by Crippen LogP contribution is -2.30. The Kier molecular flexibility index (Phi) is 1.94. The van der Waals surface area contributed by atoms with Gasteiger partial charge in [-0.25, -0.2) is 10.8 Å². The van der Waals surface area contributed by atoms with Crippen molar-refractivity contribution in [1.29, 1.82) is 0 Å². The number of carbonyl (C=O) groups is 1. The van der Waals surface area contributed by atoms with Gasteiger partial charge in [-0.15, -0.1) is 0 Å². The van der Waals surface area contributed by atoms with Gasteiger partial charge in [-0.2, -0.15) is 0 Å². The van der Waals surface area contributed by atoms with Crippen LogP contribution in [0.1, 0.15) is 22.6 Å². The molecule has 0 bridgehead atoms. The number of hydrazine groups is 1. The van der Waals surface area contributed by atoms with Crippen LogP contribution in [0.3, 0.4) is 0 Å². The average Bonchev–Trinajstić information content (AvgIpc) is 2.86. The molecule has 1 aliphatic rings. The second-order valence-electron chi connectivity index (χ2n) is 3.93. The van der Waals surface area contributed by atoms with Crippen LogP contribution in [0.5, 0.6) is 0 Å². The lowest BCUT2D eigenvalue weighted by molar-refractivity contribution is 0.0955. The molecule has 16 heavy (non-hydrogen) atoms. The van der Waals surface area contributed by atoms with Crippen LogP contribution in [0.25, 0.3) is 11.0 Å². The molecule has 1 aromatic heterocycles. The summed E-state index contributed by atoms with van der Waals surface area (Å²) < 4.78 is 2.11. The van der Waals surface area contributed by atoms with Gasteiger partial charge in [0, 0.05) is 13.0 Å². The van der Waals surface area contributed by atoms with Crippen molar-refractivity contribution in [3.05, 3.63) is 29.6 Å². The predicted molar refractivity (Wildman–Crippen MR) is 59.7 cm³/mol. The van der Waals surface area contributed by atoms with E-state index in [1.807, 2.05) is 12.1 Å². The van der Waals surface area contributed by atoms with Gasteiger partial charge in [0.05, 0.1) is 16.6 Å². The van der Waals surface area contributed by atoms with Crippen LogP contribution in [0, 0.1) is 0 Å². The Morgan fingerprint density at radius 3 is 3.19 bits per heavy atom. The predicted octanol–water partition coefficient (Wildman–Crippen LogP) is 0.586. The molecule has 1 aliphatic heterocycles. The monoisotopic (exact) mass is 216 g/mol. The van der Waals surface area contributed by atoms with Crippen molar-refractivity contribution in [2.75, 3.05) is 0 Å². The number of nitrogens with one attached hydrogen (secondary N) is 1. The van der Waals surface area contributed by atoms with Gasteiger partial charge in [-0.05, 0) is 18.6 Å². The third-order valence-electron chi connectivity index (χ3n) is 3.00. The summed E-state index contributed by atoms with van der Waals surface area (Å²) in [5, 5.41) is 0. The molecule has 5 nitrogen and oxygen atoms in total. The van der Waals surface area contributed by atoms with E-state index in [1.165, 1.54) is 0 Å². The molecule has 0 fully saturated rings. The number of nitrogens with two attached hydrogens (primary N) is 1. The number of aryl methyl sites for hydroxylation is 2. The standard InChI is InChI=1S/C11H12N4O/c12-14-11(16)7-3-1-4-8-10(7)15-6-2-5-9(15)13-8/h1,3-4H,2,5-6,12H2,(H,14,16). The molecule has 2 aromatic rings. The summed E-state index contributed by atoms with van der Waals surface area (Å²) in [5.41, 5.74) is 4.54. The third-order valence-corrected chi connectivity index (χ3v) is 3.00. The zero-order valence-electron chi connectivity index (χ0n) is 8.73. The van der Waals surface area contributed by atoms with Gasteiger partial charge < -0.3 is 4.57 Å². The van der Waals surface area contributed by atoms with Crippen LogP contribution in [-0.2, 0) is 13.0 Å². The highest BCUT2D eigenvalue weighted by atomic mass is 16.2. The molecule has 0 radical (unpaired) electrons. The maximum Gasteiger partial charge on any atom is 0.267 e. The highest BCUT2D eigenvalue weighted by Crippen LogP contribution is 2.25. The van der Waals surface area contributed by atoms with E-state index in [4.69, 9.17) is 5.84 Å². The summed E-state index contributed by atoms with van der Waals surface area (Å²) in [7, 11) is 0. The fourth-order valence-corrected chi connectivity index (χ4v) is 2.32. The second kappa shape index (κ2) is 3.31. The Balaban J connectivity index is 2.32. The normalized spacial score (nSPS) is 14.1.